The fraction of sp³-hybridized carbons (Fsp3) is 0.0800. The molecule has 0 radical (unpaired) electrons. The first-order valence-corrected chi connectivity index (χ1v) is 9.77. The van der Waals surface area contributed by atoms with Crippen LogP contribution in [-0.4, -0.2) is 18.5 Å². The fourth-order valence-electron chi connectivity index (χ4n) is 3.20. The number of nitrogens with one attached hydrogen (secondary N) is 1. The maximum atomic E-state index is 12.7. The van der Waals surface area contributed by atoms with Gasteiger partial charge in [0.2, 0.25) is 0 Å². The number of hydrogen-bond donors (Lipinski definition) is 1. The lowest BCUT2D eigenvalue weighted by atomic mass is 10.0. The van der Waals surface area contributed by atoms with Gasteiger partial charge in [0, 0.05) is 16.6 Å². The molecule has 1 N–H and O–H groups in total. The van der Waals surface area contributed by atoms with Crippen molar-refractivity contribution in [3.63, 3.8) is 0 Å². The molecule has 0 unspecified atom stereocenters. The molecule has 0 atom stereocenters. The number of para-hydroxylation sites is 1. The van der Waals surface area contributed by atoms with E-state index in [0.29, 0.717) is 40.1 Å². The topological polar surface area (TPSA) is 85.6 Å². The van der Waals surface area contributed by atoms with Crippen LogP contribution in [0.4, 0.5) is 5.69 Å². The third kappa shape index (κ3) is 4.38. The molecular formula is C25H19NO5. The van der Waals surface area contributed by atoms with Gasteiger partial charge in [-0.05, 0) is 61.0 Å². The molecule has 4 aromatic rings. The van der Waals surface area contributed by atoms with E-state index in [-0.39, 0.29) is 5.91 Å². The number of ether oxygens (including phenoxy) is 1. The van der Waals surface area contributed by atoms with Crippen LogP contribution >= 0.6 is 0 Å². The molecule has 1 aromatic heterocycles. The van der Waals surface area contributed by atoms with Crippen molar-refractivity contribution in [1.82, 2.24) is 0 Å². The zero-order valence-corrected chi connectivity index (χ0v) is 16.8. The summed E-state index contributed by atoms with van der Waals surface area (Å²) in [4.78, 5) is 36.9. The highest BCUT2D eigenvalue weighted by Crippen LogP contribution is 2.22. The van der Waals surface area contributed by atoms with Gasteiger partial charge in [-0.3, -0.25) is 4.79 Å². The zero-order chi connectivity index (χ0) is 21.8. The molecule has 0 saturated heterocycles. The zero-order valence-electron chi connectivity index (χ0n) is 16.8. The number of carbonyl (C=O) groups excluding carboxylic acids is 2. The minimum Gasteiger partial charge on any atom is -0.462 e. The van der Waals surface area contributed by atoms with Crippen molar-refractivity contribution in [2.75, 3.05) is 11.9 Å². The van der Waals surface area contributed by atoms with Crippen LogP contribution in [0.25, 0.3) is 22.1 Å². The molecule has 0 aliphatic carbocycles. The molecule has 1 amide bonds. The van der Waals surface area contributed by atoms with Crippen LogP contribution in [0, 0.1) is 0 Å². The Morgan fingerprint density at radius 1 is 0.903 bits per heavy atom. The average Bonchev–Trinajstić information content (AvgIpc) is 2.79. The lowest BCUT2D eigenvalue weighted by Crippen LogP contribution is -2.12. The summed E-state index contributed by atoms with van der Waals surface area (Å²) in [6, 6.07) is 22.2. The molecule has 3 aromatic carbocycles. The predicted octanol–water partition coefficient (Wildman–Crippen LogP) is 4.89. The smallest absolute Gasteiger partial charge is 0.344 e. The Balaban J connectivity index is 1.57. The van der Waals surface area contributed by atoms with E-state index in [1.54, 1.807) is 73.7 Å². The van der Waals surface area contributed by atoms with Crippen LogP contribution in [0.3, 0.4) is 0 Å². The number of anilines is 1. The Morgan fingerprint density at radius 2 is 1.68 bits per heavy atom. The van der Waals surface area contributed by atoms with E-state index >= 15 is 0 Å². The summed E-state index contributed by atoms with van der Waals surface area (Å²) in [6.07, 6.45) is 0. The van der Waals surface area contributed by atoms with Crippen molar-refractivity contribution in [1.29, 1.82) is 0 Å². The highest BCUT2D eigenvalue weighted by Gasteiger charge is 2.12. The maximum absolute atomic E-state index is 12.7. The van der Waals surface area contributed by atoms with Crippen LogP contribution in [0.2, 0.25) is 0 Å². The van der Waals surface area contributed by atoms with Crippen molar-refractivity contribution in [2.24, 2.45) is 0 Å². The molecule has 154 valence electrons. The number of carbonyl (C=O) groups is 2. The van der Waals surface area contributed by atoms with Gasteiger partial charge >= 0.3 is 11.6 Å². The van der Waals surface area contributed by atoms with Gasteiger partial charge in [-0.1, -0.05) is 30.3 Å². The summed E-state index contributed by atoms with van der Waals surface area (Å²) >= 11 is 0. The fourth-order valence-corrected chi connectivity index (χ4v) is 3.20. The highest BCUT2D eigenvalue weighted by atomic mass is 16.5. The van der Waals surface area contributed by atoms with Crippen LogP contribution in [0.5, 0.6) is 0 Å². The first-order chi connectivity index (χ1) is 15.0. The third-order valence-electron chi connectivity index (χ3n) is 4.73. The first-order valence-electron chi connectivity index (χ1n) is 9.77. The van der Waals surface area contributed by atoms with E-state index in [1.807, 2.05) is 12.1 Å². The molecule has 0 bridgehead atoms. The van der Waals surface area contributed by atoms with Gasteiger partial charge in [0.25, 0.3) is 5.91 Å². The molecule has 0 fully saturated rings. The minimum atomic E-state index is -0.467. The van der Waals surface area contributed by atoms with E-state index < -0.39 is 11.6 Å². The summed E-state index contributed by atoms with van der Waals surface area (Å²) in [5.74, 6) is -0.752. The Bertz CT molecular complexity index is 1320. The van der Waals surface area contributed by atoms with E-state index in [2.05, 4.69) is 5.32 Å². The van der Waals surface area contributed by atoms with Crippen molar-refractivity contribution in [2.45, 2.75) is 6.92 Å². The second kappa shape index (κ2) is 8.67. The van der Waals surface area contributed by atoms with Gasteiger partial charge in [-0.25, -0.2) is 9.59 Å². The molecule has 1 heterocycles. The van der Waals surface area contributed by atoms with Crippen molar-refractivity contribution in [3.8, 4) is 11.1 Å². The molecule has 4 rings (SSSR count). The van der Waals surface area contributed by atoms with Crippen molar-refractivity contribution in [3.05, 3.63) is 100 Å². The monoisotopic (exact) mass is 413 g/mol. The van der Waals surface area contributed by atoms with Crippen molar-refractivity contribution >= 4 is 28.5 Å². The van der Waals surface area contributed by atoms with Gasteiger partial charge in [0.05, 0.1) is 17.7 Å². The number of hydrogen-bond acceptors (Lipinski definition) is 5. The van der Waals surface area contributed by atoms with E-state index in [1.165, 1.54) is 0 Å². The number of benzene rings is 3. The predicted molar refractivity (Wildman–Crippen MR) is 118 cm³/mol. The number of fused-ring (bicyclic) bond motifs is 1. The molecular weight excluding hydrogens is 394 g/mol. The third-order valence-corrected chi connectivity index (χ3v) is 4.73. The molecule has 0 spiro atoms. The number of rotatable bonds is 5. The Kier molecular flexibility index (Phi) is 5.62. The molecule has 0 saturated carbocycles. The van der Waals surface area contributed by atoms with Crippen LogP contribution < -0.4 is 10.9 Å². The van der Waals surface area contributed by atoms with Gasteiger partial charge < -0.3 is 14.5 Å². The summed E-state index contributed by atoms with van der Waals surface area (Å²) < 4.78 is 10.3. The summed E-state index contributed by atoms with van der Waals surface area (Å²) in [6.45, 7) is 2.03. The van der Waals surface area contributed by atoms with Crippen molar-refractivity contribution < 1.29 is 18.7 Å². The molecule has 0 aliphatic heterocycles. The van der Waals surface area contributed by atoms with E-state index in [9.17, 15) is 14.4 Å². The average molecular weight is 413 g/mol. The Labute approximate surface area is 178 Å². The summed E-state index contributed by atoms with van der Waals surface area (Å²) in [5, 5.41) is 3.59. The van der Waals surface area contributed by atoms with Crippen LogP contribution in [0.15, 0.2) is 88.1 Å². The maximum Gasteiger partial charge on any atom is 0.344 e. The number of amides is 1. The normalized spacial score (nSPS) is 10.6. The van der Waals surface area contributed by atoms with Crippen LogP contribution in [-0.2, 0) is 4.74 Å². The van der Waals surface area contributed by atoms with Crippen LogP contribution in [0.1, 0.15) is 27.6 Å². The highest BCUT2D eigenvalue weighted by molar-refractivity contribution is 6.05. The second-order valence-corrected chi connectivity index (χ2v) is 6.82. The van der Waals surface area contributed by atoms with E-state index in [0.717, 1.165) is 5.39 Å². The molecule has 6 heteroatoms. The van der Waals surface area contributed by atoms with E-state index in [4.69, 9.17) is 9.15 Å². The lowest BCUT2D eigenvalue weighted by molar-refractivity contribution is 0.0526. The Morgan fingerprint density at radius 3 is 2.45 bits per heavy atom. The minimum absolute atomic E-state index is 0.295. The SMILES string of the molecule is CCOC(=O)c1ccc(NC(=O)c2cccc(-c3cc4ccccc4oc3=O)c2)cc1. The number of esters is 1. The Hall–Kier alpha value is -4.19. The van der Waals surface area contributed by atoms with Gasteiger partial charge in [0.15, 0.2) is 0 Å². The standard InChI is InChI=1S/C25H19NO5/c1-2-30-24(28)16-10-12-20(13-11-16)26-23(27)19-8-5-7-17(14-19)21-15-18-6-3-4-9-22(18)31-25(21)29/h3-15H,2H2,1H3,(H,26,27). The van der Waals surface area contributed by atoms with Gasteiger partial charge in [-0.15, -0.1) is 0 Å². The summed E-state index contributed by atoms with van der Waals surface area (Å²) in [5.41, 5.74) is 2.34. The molecule has 6 nitrogen and oxygen atoms in total. The second-order valence-electron chi connectivity index (χ2n) is 6.82. The first kappa shape index (κ1) is 20.1. The van der Waals surface area contributed by atoms with Gasteiger partial charge in [-0.2, -0.15) is 0 Å². The summed E-state index contributed by atoms with van der Waals surface area (Å²) in [7, 11) is 0. The lowest BCUT2D eigenvalue weighted by Gasteiger charge is -2.08. The largest absolute Gasteiger partial charge is 0.462 e. The quantitative estimate of drug-likeness (QED) is 0.372. The van der Waals surface area contributed by atoms with Gasteiger partial charge in [0.1, 0.15) is 5.58 Å². The molecule has 31 heavy (non-hydrogen) atoms. The molecule has 0 aliphatic rings.